The number of hydrogen-bond donors (Lipinski definition) is 1. The van der Waals surface area contributed by atoms with E-state index in [9.17, 15) is 0 Å². The Morgan fingerprint density at radius 3 is 2.70 bits per heavy atom. The van der Waals surface area contributed by atoms with E-state index in [0.717, 1.165) is 25.1 Å². The summed E-state index contributed by atoms with van der Waals surface area (Å²) >= 11 is 0. The summed E-state index contributed by atoms with van der Waals surface area (Å²) in [7, 11) is 1.97. The van der Waals surface area contributed by atoms with Gasteiger partial charge in [-0.1, -0.05) is 30.7 Å². The lowest BCUT2D eigenvalue weighted by atomic mass is 9.95. The fourth-order valence-corrected chi connectivity index (χ4v) is 2.53. The summed E-state index contributed by atoms with van der Waals surface area (Å²) in [5.74, 6) is 0. The number of aromatic nitrogens is 2. The van der Waals surface area contributed by atoms with E-state index >= 15 is 0 Å². The van der Waals surface area contributed by atoms with Crippen molar-refractivity contribution in [2.75, 3.05) is 6.54 Å². The monoisotopic (exact) mass is 271 g/mol. The molecule has 0 aliphatic carbocycles. The highest BCUT2D eigenvalue weighted by atomic mass is 15.2. The minimum atomic E-state index is 0.338. The fraction of sp³-hybridized carbons (Fsp3) is 0.471. The number of benzene rings is 1. The largest absolute Gasteiger partial charge is 0.310 e. The highest BCUT2D eigenvalue weighted by Gasteiger charge is 2.15. The summed E-state index contributed by atoms with van der Waals surface area (Å²) in [6.07, 6.45) is 4.09. The highest BCUT2D eigenvalue weighted by molar-refractivity contribution is 5.33. The van der Waals surface area contributed by atoms with Crippen molar-refractivity contribution in [3.8, 4) is 0 Å². The standard InChI is InChI=1S/C17H25N3/c1-5-9-18-17(12-15-8-10-20(4)19-15)16-11-13(2)6-7-14(16)3/h6-8,10-11,17-18H,5,9,12H2,1-4H3. The molecule has 1 aromatic heterocycles. The maximum atomic E-state index is 4.51. The SMILES string of the molecule is CCCNC(Cc1ccn(C)n1)c1cc(C)ccc1C. The van der Waals surface area contributed by atoms with E-state index in [1.54, 1.807) is 0 Å². The molecule has 108 valence electrons. The summed E-state index contributed by atoms with van der Waals surface area (Å²) in [6.45, 7) is 7.58. The van der Waals surface area contributed by atoms with Gasteiger partial charge in [0, 0.05) is 25.7 Å². The minimum Gasteiger partial charge on any atom is -0.310 e. The van der Waals surface area contributed by atoms with Gasteiger partial charge in [-0.2, -0.15) is 5.10 Å². The van der Waals surface area contributed by atoms with Gasteiger partial charge < -0.3 is 5.32 Å². The van der Waals surface area contributed by atoms with Crippen molar-refractivity contribution in [1.82, 2.24) is 15.1 Å². The molecular formula is C17H25N3. The van der Waals surface area contributed by atoms with Gasteiger partial charge in [-0.25, -0.2) is 0 Å². The van der Waals surface area contributed by atoms with Crippen LogP contribution in [0.1, 0.15) is 41.8 Å². The Morgan fingerprint density at radius 1 is 1.25 bits per heavy atom. The lowest BCUT2D eigenvalue weighted by molar-refractivity contribution is 0.519. The van der Waals surface area contributed by atoms with Gasteiger partial charge in [-0.05, 0) is 44.0 Å². The van der Waals surface area contributed by atoms with Crippen molar-refractivity contribution in [3.05, 3.63) is 52.8 Å². The van der Waals surface area contributed by atoms with Crippen LogP contribution in [0.4, 0.5) is 0 Å². The molecule has 0 saturated carbocycles. The minimum absolute atomic E-state index is 0.338. The second kappa shape index (κ2) is 6.71. The number of rotatable bonds is 6. The Balaban J connectivity index is 2.24. The van der Waals surface area contributed by atoms with Crippen LogP contribution in [0.3, 0.4) is 0 Å². The van der Waals surface area contributed by atoms with E-state index in [2.05, 4.69) is 55.5 Å². The van der Waals surface area contributed by atoms with Crippen LogP contribution in [0.25, 0.3) is 0 Å². The predicted molar refractivity (Wildman–Crippen MR) is 83.9 cm³/mol. The van der Waals surface area contributed by atoms with Crippen molar-refractivity contribution < 1.29 is 0 Å². The first-order valence-corrected chi connectivity index (χ1v) is 7.39. The normalized spacial score (nSPS) is 12.6. The van der Waals surface area contributed by atoms with Crippen LogP contribution < -0.4 is 5.32 Å². The van der Waals surface area contributed by atoms with Crippen molar-refractivity contribution >= 4 is 0 Å². The zero-order valence-electron chi connectivity index (χ0n) is 13.0. The Kier molecular flexibility index (Phi) is 4.96. The Morgan fingerprint density at radius 2 is 2.05 bits per heavy atom. The second-order valence-electron chi connectivity index (χ2n) is 5.55. The van der Waals surface area contributed by atoms with E-state index in [1.807, 2.05) is 17.9 Å². The van der Waals surface area contributed by atoms with Gasteiger partial charge >= 0.3 is 0 Å². The third kappa shape index (κ3) is 3.70. The summed E-state index contributed by atoms with van der Waals surface area (Å²) in [4.78, 5) is 0. The molecule has 0 radical (unpaired) electrons. The summed E-state index contributed by atoms with van der Waals surface area (Å²) in [5, 5.41) is 8.18. The number of nitrogens with one attached hydrogen (secondary N) is 1. The zero-order chi connectivity index (χ0) is 14.5. The average Bonchev–Trinajstić information content (AvgIpc) is 2.83. The van der Waals surface area contributed by atoms with E-state index in [1.165, 1.54) is 16.7 Å². The molecule has 3 nitrogen and oxygen atoms in total. The van der Waals surface area contributed by atoms with Crippen LogP contribution in [0.15, 0.2) is 30.5 Å². The summed E-state index contributed by atoms with van der Waals surface area (Å²) in [6, 6.07) is 9.13. The molecule has 1 unspecified atom stereocenters. The smallest absolute Gasteiger partial charge is 0.0643 e. The van der Waals surface area contributed by atoms with Crippen LogP contribution >= 0.6 is 0 Å². The van der Waals surface area contributed by atoms with Crippen LogP contribution in [0.5, 0.6) is 0 Å². The molecule has 0 spiro atoms. The molecule has 1 heterocycles. The van der Waals surface area contributed by atoms with Gasteiger partial charge in [0.05, 0.1) is 5.69 Å². The van der Waals surface area contributed by atoms with Crippen LogP contribution in [-0.2, 0) is 13.5 Å². The Hall–Kier alpha value is -1.61. The van der Waals surface area contributed by atoms with Gasteiger partial charge in [0.15, 0.2) is 0 Å². The van der Waals surface area contributed by atoms with Crippen molar-refractivity contribution in [2.24, 2.45) is 7.05 Å². The van der Waals surface area contributed by atoms with Crippen molar-refractivity contribution in [1.29, 1.82) is 0 Å². The molecule has 1 aromatic carbocycles. The average molecular weight is 271 g/mol. The maximum absolute atomic E-state index is 4.51. The number of nitrogens with zero attached hydrogens (tertiary/aromatic N) is 2. The van der Waals surface area contributed by atoms with Crippen LogP contribution in [-0.4, -0.2) is 16.3 Å². The van der Waals surface area contributed by atoms with Crippen molar-refractivity contribution in [3.63, 3.8) is 0 Å². The molecular weight excluding hydrogens is 246 g/mol. The van der Waals surface area contributed by atoms with Gasteiger partial charge in [0.2, 0.25) is 0 Å². The molecule has 1 atom stereocenters. The van der Waals surface area contributed by atoms with E-state index < -0.39 is 0 Å². The molecule has 0 saturated heterocycles. The first kappa shape index (κ1) is 14.8. The predicted octanol–water partition coefficient (Wildman–Crippen LogP) is 3.32. The van der Waals surface area contributed by atoms with E-state index in [4.69, 9.17) is 0 Å². The highest BCUT2D eigenvalue weighted by Crippen LogP contribution is 2.22. The summed E-state index contributed by atoms with van der Waals surface area (Å²) < 4.78 is 1.87. The molecule has 1 N–H and O–H groups in total. The quantitative estimate of drug-likeness (QED) is 0.873. The molecule has 0 aliphatic rings. The molecule has 20 heavy (non-hydrogen) atoms. The third-order valence-corrected chi connectivity index (χ3v) is 3.63. The zero-order valence-corrected chi connectivity index (χ0v) is 13.0. The van der Waals surface area contributed by atoms with E-state index in [-0.39, 0.29) is 0 Å². The number of aryl methyl sites for hydroxylation is 3. The molecule has 0 bridgehead atoms. The molecule has 0 amide bonds. The van der Waals surface area contributed by atoms with Gasteiger partial charge in [-0.15, -0.1) is 0 Å². The van der Waals surface area contributed by atoms with Gasteiger partial charge in [-0.3, -0.25) is 4.68 Å². The molecule has 0 aliphatic heterocycles. The van der Waals surface area contributed by atoms with Gasteiger partial charge in [0.1, 0.15) is 0 Å². The second-order valence-corrected chi connectivity index (χ2v) is 5.55. The lowest BCUT2D eigenvalue weighted by Crippen LogP contribution is -2.25. The molecule has 2 aromatic rings. The summed E-state index contributed by atoms with van der Waals surface area (Å²) in [5.41, 5.74) is 5.20. The molecule has 0 fully saturated rings. The first-order valence-electron chi connectivity index (χ1n) is 7.39. The third-order valence-electron chi connectivity index (χ3n) is 3.63. The maximum Gasteiger partial charge on any atom is 0.0643 e. The fourth-order valence-electron chi connectivity index (χ4n) is 2.53. The Labute approximate surface area is 122 Å². The topological polar surface area (TPSA) is 29.9 Å². The molecule has 2 rings (SSSR count). The lowest BCUT2D eigenvalue weighted by Gasteiger charge is -2.20. The first-order chi connectivity index (χ1) is 9.60. The van der Waals surface area contributed by atoms with Crippen LogP contribution in [0, 0.1) is 13.8 Å². The number of hydrogen-bond acceptors (Lipinski definition) is 2. The van der Waals surface area contributed by atoms with Crippen molar-refractivity contribution in [2.45, 2.75) is 39.7 Å². The van der Waals surface area contributed by atoms with Crippen LogP contribution in [0.2, 0.25) is 0 Å². The van der Waals surface area contributed by atoms with E-state index in [0.29, 0.717) is 6.04 Å². The molecule has 3 heteroatoms. The van der Waals surface area contributed by atoms with Gasteiger partial charge in [0.25, 0.3) is 0 Å². The Bertz CT molecular complexity index is 557.